The molecule has 0 unspecified atom stereocenters. The number of rotatable bonds is 8. The molecule has 1 aromatic heterocycles. The fourth-order valence-corrected chi connectivity index (χ4v) is 3.51. The highest BCUT2D eigenvalue weighted by Crippen LogP contribution is 2.27. The van der Waals surface area contributed by atoms with Gasteiger partial charge in [0.2, 0.25) is 0 Å². The van der Waals surface area contributed by atoms with Gasteiger partial charge in [0.1, 0.15) is 5.70 Å². The third kappa shape index (κ3) is 6.10. The number of thiophene rings is 1. The molecule has 1 heterocycles. The number of carbonyl (C=O) groups is 2. The van der Waals surface area contributed by atoms with Gasteiger partial charge in [-0.15, -0.1) is 11.3 Å². The molecule has 2 N–H and O–H groups in total. The van der Waals surface area contributed by atoms with Crippen molar-refractivity contribution in [2.45, 2.75) is 6.54 Å². The summed E-state index contributed by atoms with van der Waals surface area (Å²) in [4.78, 5) is 26.5. The van der Waals surface area contributed by atoms with Crippen molar-refractivity contribution in [3.63, 3.8) is 0 Å². The molecule has 160 valence electrons. The molecule has 0 bridgehead atoms. The van der Waals surface area contributed by atoms with Crippen LogP contribution in [0, 0.1) is 0 Å². The van der Waals surface area contributed by atoms with Gasteiger partial charge in [-0.1, -0.05) is 29.8 Å². The lowest BCUT2D eigenvalue weighted by Gasteiger charge is -2.13. The third-order valence-corrected chi connectivity index (χ3v) is 5.41. The molecule has 0 radical (unpaired) electrons. The van der Waals surface area contributed by atoms with Crippen LogP contribution in [0.4, 0.5) is 0 Å². The van der Waals surface area contributed by atoms with Crippen molar-refractivity contribution >= 4 is 40.8 Å². The minimum Gasteiger partial charge on any atom is -0.493 e. The zero-order valence-electron chi connectivity index (χ0n) is 17.0. The van der Waals surface area contributed by atoms with E-state index in [1.165, 1.54) is 25.6 Å². The lowest BCUT2D eigenvalue weighted by atomic mass is 10.1. The van der Waals surface area contributed by atoms with Crippen LogP contribution in [0.25, 0.3) is 6.08 Å². The van der Waals surface area contributed by atoms with E-state index in [2.05, 4.69) is 10.6 Å². The molecule has 2 amide bonds. The van der Waals surface area contributed by atoms with E-state index in [1.807, 2.05) is 29.6 Å². The number of hydrogen-bond acceptors (Lipinski definition) is 5. The Morgan fingerprint density at radius 2 is 1.77 bits per heavy atom. The van der Waals surface area contributed by atoms with Gasteiger partial charge in [-0.3, -0.25) is 9.59 Å². The van der Waals surface area contributed by atoms with E-state index >= 15 is 0 Å². The Bertz CT molecular complexity index is 1080. The van der Waals surface area contributed by atoms with E-state index in [0.717, 1.165) is 10.4 Å². The minimum absolute atomic E-state index is 0.135. The van der Waals surface area contributed by atoms with E-state index in [1.54, 1.807) is 36.4 Å². The summed E-state index contributed by atoms with van der Waals surface area (Å²) in [7, 11) is 3.01. The van der Waals surface area contributed by atoms with E-state index in [9.17, 15) is 9.59 Å². The first-order valence-electron chi connectivity index (χ1n) is 9.31. The molecule has 0 atom stereocenters. The molecule has 0 aliphatic heterocycles. The molecule has 3 rings (SSSR count). The molecular weight excluding hydrogens is 436 g/mol. The van der Waals surface area contributed by atoms with Crippen LogP contribution in [0.1, 0.15) is 20.8 Å². The maximum absolute atomic E-state index is 12.8. The summed E-state index contributed by atoms with van der Waals surface area (Å²) in [5.74, 6) is 0.0859. The first-order valence-corrected chi connectivity index (χ1v) is 10.6. The number of amides is 2. The van der Waals surface area contributed by atoms with Gasteiger partial charge < -0.3 is 20.1 Å². The Labute approximate surface area is 189 Å². The molecule has 2 aromatic carbocycles. The molecule has 0 aliphatic rings. The lowest BCUT2D eigenvalue weighted by molar-refractivity contribution is -0.117. The number of carbonyl (C=O) groups excluding carboxylic acids is 2. The first kappa shape index (κ1) is 22.4. The second-order valence-electron chi connectivity index (χ2n) is 6.41. The fourth-order valence-electron chi connectivity index (χ4n) is 2.73. The van der Waals surface area contributed by atoms with Crippen molar-refractivity contribution < 1.29 is 19.1 Å². The van der Waals surface area contributed by atoms with E-state index < -0.39 is 11.8 Å². The average molecular weight is 457 g/mol. The molecule has 0 spiro atoms. The largest absolute Gasteiger partial charge is 0.493 e. The van der Waals surface area contributed by atoms with Gasteiger partial charge in [0.25, 0.3) is 11.8 Å². The first-order chi connectivity index (χ1) is 15.0. The normalized spacial score (nSPS) is 11.0. The number of halogens is 1. The van der Waals surface area contributed by atoms with Gasteiger partial charge in [0.15, 0.2) is 11.5 Å². The molecule has 0 fully saturated rings. The maximum Gasteiger partial charge on any atom is 0.268 e. The smallest absolute Gasteiger partial charge is 0.268 e. The molecule has 31 heavy (non-hydrogen) atoms. The van der Waals surface area contributed by atoms with Gasteiger partial charge in [-0.05, 0) is 53.4 Å². The van der Waals surface area contributed by atoms with Crippen LogP contribution in [0.5, 0.6) is 11.5 Å². The number of hydrogen-bond donors (Lipinski definition) is 2. The number of nitrogens with one attached hydrogen (secondary N) is 2. The van der Waals surface area contributed by atoms with E-state index in [-0.39, 0.29) is 5.70 Å². The van der Waals surface area contributed by atoms with Crippen LogP contribution in [-0.2, 0) is 11.3 Å². The van der Waals surface area contributed by atoms with Gasteiger partial charge in [0, 0.05) is 22.0 Å². The number of ether oxygens (including phenoxy) is 2. The Hall–Kier alpha value is -3.29. The van der Waals surface area contributed by atoms with Crippen LogP contribution in [0.2, 0.25) is 5.02 Å². The highest BCUT2D eigenvalue weighted by atomic mass is 35.5. The van der Waals surface area contributed by atoms with Gasteiger partial charge in [-0.25, -0.2) is 0 Å². The Morgan fingerprint density at radius 1 is 1.03 bits per heavy atom. The summed E-state index contributed by atoms with van der Waals surface area (Å²) in [6.45, 7) is 0.296. The summed E-state index contributed by atoms with van der Waals surface area (Å²) in [6.07, 6.45) is 1.64. The Balaban J connectivity index is 1.78. The van der Waals surface area contributed by atoms with Crippen LogP contribution in [0.3, 0.4) is 0 Å². The van der Waals surface area contributed by atoms with Crippen molar-refractivity contribution in [2.24, 2.45) is 0 Å². The van der Waals surface area contributed by atoms with Crippen LogP contribution >= 0.6 is 22.9 Å². The van der Waals surface area contributed by atoms with Crippen molar-refractivity contribution in [1.82, 2.24) is 10.6 Å². The van der Waals surface area contributed by atoms with Gasteiger partial charge >= 0.3 is 0 Å². The van der Waals surface area contributed by atoms with Crippen molar-refractivity contribution in [3.8, 4) is 11.5 Å². The third-order valence-electron chi connectivity index (χ3n) is 4.33. The van der Waals surface area contributed by atoms with Gasteiger partial charge in [-0.2, -0.15) is 0 Å². The molecule has 3 aromatic rings. The van der Waals surface area contributed by atoms with E-state index in [4.69, 9.17) is 21.1 Å². The second-order valence-corrected chi connectivity index (χ2v) is 7.82. The molecule has 0 saturated heterocycles. The SMILES string of the molecule is COc1ccc(C(=O)N/C(=C\c2cccs2)C(=O)NCc2ccc(Cl)cc2)cc1OC. The van der Waals surface area contributed by atoms with Crippen molar-refractivity contribution in [3.05, 3.63) is 86.7 Å². The monoisotopic (exact) mass is 456 g/mol. The fraction of sp³-hybridized carbons (Fsp3) is 0.130. The highest BCUT2D eigenvalue weighted by Gasteiger charge is 2.16. The molecule has 6 nitrogen and oxygen atoms in total. The highest BCUT2D eigenvalue weighted by molar-refractivity contribution is 7.10. The van der Waals surface area contributed by atoms with Gasteiger partial charge in [0.05, 0.1) is 14.2 Å². The Kier molecular flexibility index (Phi) is 7.70. The molecule has 0 saturated carbocycles. The predicted molar refractivity (Wildman–Crippen MR) is 123 cm³/mol. The maximum atomic E-state index is 12.8. The Morgan fingerprint density at radius 3 is 2.42 bits per heavy atom. The summed E-state index contributed by atoms with van der Waals surface area (Å²) in [5, 5.41) is 8.04. The zero-order valence-corrected chi connectivity index (χ0v) is 18.5. The van der Waals surface area contributed by atoms with Crippen molar-refractivity contribution in [2.75, 3.05) is 14.2 Å². The number of benzene rings is 2. The predicted octanol–water partition coefficient (Wildman–Crippen LogP) is 4.51. The minimum atomic E-state index is -0.439. The average Bonchev–Trinajstić information content (AvgIpc) is 3.30. The standard InChI is InChI=1S/C23H21ClN2O4S/c1-29-20-10-7-16(12-21(20)30-2)22(27)26-19(13-18-4-3-11-31-18)23(28)25-14-15-5-8-17(24)9-6-15/h3-13H,14H2,1-2H3,(H,25,28)(H,26,27)/b19-13-. The summed E-state index contributed by atoms with van der Waals surface area (Å²) >= 11 is 7.36. The van der Waals surface area contributed by atoms with Crippen LogP contribution in [0.15, 0.2) is 65.7 Å². The molecular formula is C23H21ClN2O4S. The second kappa shape index (κ2) is 10.7. The number of methoxy groups -OCH3 is 2. The quantitative estimate of drug-likeness (QED) is 0.489. The molecule has 8 heteroatoms. The summed E-state index contributed by atoms with van der Waals surface area (Å²) in [6, 6.07) is 15.7. The van der Waals surface area contributed by atoms with Crippen molar-refractivity contribution in [1.29, 1.82) is 0 Å². The van der Waals surface area contributed by atoms with Crippen LogP contribution in [-0.4, -0.2) is 26.0 Å². The topological polar surface area (TPSA) is 76.7 Å². The van der Waals surface area contributed by atoms with E-state index in [0.29, 0.717) is 28.6 Å². The summed E-state index contributed by atoms with van der Waals surface area (Å²) in [5.41, 5.74) is 1.36. The van der Waals surface area contributed by atoms with Crippen LogP contribution < -0.4 is 20.1 Å². The zero-order chi connectivity index (χ0) is 22.2. The molecule has 0 aliphatic carbocycles. The lowest BCUT2D eigenvalue weighted by Crippen LogP contribution is -2.34. The summed E-state index contributed by atoms with van der Waals surface area (Å²) < 4.78 is 10.5.